The molecule has 0 radical (unpaired) electrons. The van der Waals surface area contributed by atoms with Crippen LogP contribution in [-0.4, -0.2) is 49.5 Å². The molecule has 1 aliphatic rings. The first-order chi connectivity index (χ1) is 9.70. The number of hydrogen-bond donors (Lipinski definition) is 3. The van der Waals surface area contributed by atoms with Crippen molar-refractivity contribution < 1.29 is 14.0 Å². The molecule has 1 aliphatic heterocycles. The second-order valence-corrected chi connectivity index (χ2v) is 4.14. The molecule has 3 amide bonds. The van der Waals surface area contributed by atoms with Crippen LogP contribution in [0.25, 0.3) is 0 Å². The molecule has 8 nitrogen and oxygen atoms in total. The number of rotatable bonds is 5. The molecular formula is C12H17N5O3. The number of carbonyl (C=O) groups is 2. The second-order valence-electron chi connectivity index (χ2n) is 4.14. The first-order valence-electron chi connectivity index (χ1n) is 6.26. The van der Waals surface area contributed by atoms with Gasteiger partial charge in [0.2, 0.25) is 5.91 Å². The number of hydrogen-bond acceptors (Lipinski definition) is 4. The van der Waals surface area contributed by atoms with E-state index in [0.717, 1.165) is 5.76 Å². The van der Waals surface area contributed by atoms with E-state index >= 15 is 0 Å². The van der Waals surface area contributed by atoms with E-state index < -0.39 is 0 Å². The summed E-state index contributed by atoms with van der Waals surface area (Å²) in [5.41, 5.74) is 0. The summed E-state index contributed by atoms with van der Waals surface area (Å²) in [4.78, 5) is 27.9. The maximum atomic E-state index is 11.4. The number of furan rings is 1. The lowest BCUT2D eigenvalue weighted by Gasteiger charge is -2.15. The molecule has 1 saturated heterocycles. The average molecular weight is 279 g/mol. The summed E-state index contributed by atoms with van der Waals surface area (Å²) >= 11 is 0. The summed E-state index contributed by atoms with van der Waals surface area (Å²) < 4.78 is 5.19. The lowest BCUT2D eigenvalue weighted by atomic mass is 10.4. The van der Waals surface area contributed by atoms with Gasteiger partial charge in [-0.25, -0.2) is 4.79 Å². The highest BCUT2D eigenvalue weighted by Gasteiger charge is 2.27. The van der Waals surface area contributed by atoms with Gasteiger partial charge in [-0.3, -0.25) is 14.7 Å². The zero-order valence-electron chi connectivity index (χ0n) is 11.2. The summed E-state index contributed by atoms with van der Waals surface area (Å²) in [5, 5.41) is 8.55. The van der Waals surface area contributed by atoms with E-state index in [9.17, 15) is 9.59 Å². The maximum Gasteiger partial charge on any atom is 0.324 e. The van der Waals surface area contributed by atoms with E-state index in [0.29, 0.717) is 25.6 Å². The lowest BCUT2D eigenvalue weighted by molar-refractivity contribution is -0.124. The molecule has 0 bridgehead atoms. The normalized spacial score (nSPS) is 15.4. The molecule has 20 heavy (non-hydrogen) atoms. The number of guanidine groups is 1. The molecule has 108 valence electrons. The number of nitrogens with one attached hydrogen (secondary N) is 3. The van der Waals surface area contributed by atoms with Gasteiger partial charge in [-0.05, 0) is 12.1 Å². The van der Waals surface area contributed by atoms with Crippen LogP contribution >= 0.6 is 0 Å². The van der Waals surface area contributed by atoms with Crippen molar-refractivity contribution in [3.8, 4) is 0 Å². The molecule has 0 unspecified atom stereocenters. The standard InChI is InChI=1S/C12H17N5O3/c1-13-11(15-7-9-3-2-6-20-9)14-4-5-17-10(18)8-16-12(17)19/h2-3,6H,4-5,7-8H2,1H3,(H,16,19)(H2,13,14,15). The van der Waals surface area contributed by atoms with Crippen LogP contribution in [-0.2, 0) is 11.3 Å². The van der Waals surface area contributed by atoms with Crippen molar-refractivity contribution in [3.63, 3.8) is 0 Å². The molecule has 2 heterocycles. The van der Waals surface area contributed by atoms with Crippen LogP contribution in [0, 0.1) is 0 Å². The van der Waals surface area contributed by atoms with Gasteiger partial charge < -0.3 is 20.4 Å². The molecule has 1 aromatic rings. The SMILES string of the molecule is CN=C(NCCN1C(=O)CNC1=O)NCc1ccco1. The number of urea groups is 1. The van der Waals surface area contributed by atoms with Crippen LogP contribution in [0.15, 0.2) is 27.8 Å². The summed E-state index contributed by atoms with van der Waals surface area (Å²) in [7, 11) is 1.64. The Bertz CT molecular complexity index is 481. The molecule has 0 aromatic carbocycles. The Hall–Kier alpha value is -2.51. The zero-order valence-corrected chi connectivity index (χ0v) is 11.2. The van der Waals surface area contributed by atoms with Crippen molar-refractivity contribution in [2.45, 2.75) is 6.54 Å². The predicted molar refractivity (Wildman–Crippen MR) is 72.0 cm³/mol. The van der Waals surface area contributed by atoms with Crippen molar-refractivity contribution in [1.29, 1.82) is 0 Å². The zero-order chi connectivity index (χ0) is 14.4. The van der Waals surface area contributed by atoms with Crippen molar-refractivity contribution in [3.05, 3.63) is 24.2 Å². The fraction of sp³-hybridized carbons (Fsp3) is 0.417. The third-order valence-electron chi connectivity index (χ3n) is 2.80. The topological polar surface area (TPSA) is 99.0 Å². The van der Waals surface area contributed by atoms with Gasteiger partial charge in [0.05, 0.1) is 19.4 Å². The minimum absolute atomic E-state index is 0.0737. The Morgan fingerprint density at radius 2 is 2.35 bits per heavy atom. The smallest absolute Gasteiger partial charge is 0.324 e. The minimum atomic E-state index is -0.352. The summed E-state index contributed by atoms with van der Waals surface area (Å²) in [6.07, 6.45) is 1.60. The van der Waals surface area contributed by atoms with Crippen molar-refractivity contribution in [2.24, 2.45) is 4.99 Å². The fourth-order valence-corrected chi connectivity index (χ4v) is 1.77. The Kier molecular flexibility index (Phi) is 4.59. The number of carbonyl (C=O) groups excluding carboxylic acids is 2. The lowest BCUT2D eigenvalue weighted by Crippen LogP contribution is -2.42. The molecule has 8 heteroatoms. The van der Waals surface area contributed by atoms with Gasteiger partial charge >= 0.3 is 6.03 Å². The highest BCUT2D eigenvalue weighted by atomic mass is 16.3. The predicted octanol–water partition coefficient (Wildman–Crippen LogP) is -0.504. The third kappa shape index (κ3) is 3.50. The molecule has 0 spiro atoms. The number of imide groups is 1. The van der Waals surface area contributed by atoms with E-state index in [1.165, 1.54) is 4.90 Å². The van der Waals surface area contributed by atoms with Gasteiger partial charge in [0.25, 0.3) is 0 Å². The first kappa shape index (κ1) is 13.9. The van der Waals surface area contributed by atoms with Gasteiger partial charge in [-0.2, -0.15) is 0 Å². The van der Waals surface area contributed by atoms with E-state index in [4.69, 9.17) is 4.42 Å². The Balaban J connectivity index is 1.71. The summed E-state index contributed by atoms with van der Waals surface area (Å²) in [6, 6.07) is 3.31. The van der Waals surface area contributed by atoms with Crippen molar-refractivity contribution in [2.75, 3.05) is 26.7 Å². The highest BCUT2D eigenvalue weighted by molar-refractivity contribution is 6.01. The second kappa shape index (κ2) is 6.60. The summed E-state index contributed by atoms with van der Waals surface area (Å²) in [5.74, 6) is 1.16. The van der Waals surface area contributed by atoms with Gasteiger partial charge in [-0.1, -0.05) is 0 Å². The summed E-state index contributed by atoms with van der Waals surface area (Å²) in [6.45, 7) is 1.31. The monoisotopic (exact) mass is 279 g/mol. The van der Waals surface area contributed by atoms with Crippen molar-refractivity contribution >= 4 is 17.9 Å². The van der Waals surface area contributed by atoms with E-state index in [2.05, 4.69) is 20.9 Å². The molecule has 1 aromatic heterocycles. The third-order valence-corrected chi connectivity index (χ3v) is 2.80. The van der Waals surface area contributed by atoms with Crippen LogP contribution in [0.3, 0.4) is 0 Å². The van der Waals surface area contributed by atoms with Gasteiger partial charge in [0.1, 0.15) is 5.76 Å². The van der Waals surface area contributed by atoms with E-state index in [1.54, 1.807) is 13.3 Å². The van der Waals surface area contributed by atoms with Gasteiger partial charge in [0.15, 0.2) is 5.96 Å². The molecule has 2 rings (SSSR count). The number of nitrogens with zero attached hydrogens (tertiary/aromatic N) is 2. The van der Waals surface area contributed by atoms with Gasteiger partial charge in [0, 0.05) is 20.1 Å². The number of aliphatic imine (C=N–C) groups is 1. The molecule has 0 atom stereocenters. The van der Waals surface area contributed by atoms with Crippen LogP contribution in [0.5, 0.6) is 0 Å². The largest absolute Gasteiger partial charge is 0.467 e. The maximum absolute atomic E-state index is 11.4. The molecule has 0 aliphatic carbocycles. The molecular weight excluding hydrogens is 262 g/mol. The van der Waals surface area contributed by atoms with Crippen molar-refractivity contribution in [1.82, 2.24) is 20.9 Å². The highest BCUT2D eigenvalue weighted by Crippen LogP contribution is 1.98. The average Bonchev–Trinajstić information content (AvgIpc) is 3.06. The van der Waals surface area contributed by atoms with Gasteiger partial charge in [-0.15, -0.1) is 0 Å². The van der Waals surface area contributed by atoms with E-state index in [-0.39, 0.29) is 18.5 Å². The minimum Gasteiger partial charge on any atom is -0.467 e. The Morgan fingerprint density at radius 1 is 1.50 bits per heavy atom. The molecule has 0 saturated carbocycles. The fourth-order valence-electron chi connectivity index (χ4n) is 1.77. The molecule has 3 N–H and O–H groups in total. The number of amides is 3. The first-order valence-corrected chi connectivity index (χ1v) is 6.26. The Labute approximate surface area is 116 Å². The van der Waals surface area contributed by atoms with Crippen LogP contribution in [0.2, 0.25) is 0 Å². The van der Waals surface area contributed by atoms with Crippen LogP contribution < -0.4 is 16.0 Å². The molecule has 1 fully saturated rings. The van der Waals surface area contributed by atoms with Crippen LogP contribution in [0.1, 0.15) is 5.76 Å². The quantitative estimate of drug-likeness (QED) is 0.383. The van der Waals surface area contributed by atoms with E-state index in [1.807, 2.05) is 12.1 Å². The Morgan fingerprint density at radius 3 is 2.95 bits per heavy atom. The van der Waals surface area contributed by atoms with Crippen LogP contribution in [0.4, 0.5) is 4.79 Å².